The van der Waals surface area contributed by atoms with Crippen LogP contribution in [0.2, 0.25) is 5.02 Å². The Morgan fingerprint density at radius 1 is 1.08 bits per heavy atom. The summed E-state index contributed by atoms with van der Waals surface area (Å²) in [6, 6.07) is 18.2. The first kappa shape index (κ1) is 18.5. The van der Waals surface area contributed by atoms with Gasteiger partial charge in [-0.1, -0.05) is 54.1 Å². The number of rotatable bonds is 8. The van der Waals surface area contributed by atoms with Crippen molar-refractivity contribution in [3.63, 3.8) is 0 Å². The topological polar surface area (TPSA) is 32.3 Å². The fourth-order valence-electron chi connectivity index (χ4n) is 2.62. The molecule has 2 aromatic carbocycles. The lowest BCUT2D eigenvalue weighted by Crippen LogP contribution is -2.39. The summed E-state index contributed by atoms with van der Waals surface area (Å²) in [4.78, 5) is 14.1. The van der Waals surface area contributed by atoms with E-state index < -0.39 is 0 Å². The fourth-order valence-corrected chi connectivity index (χ4v) is 2.75. The van der Waals surface area contributed by atoms with Crippen molar-refractivity contribution < 1.29 is 4.79 Å². The van der Waals surface area contributed by atoms with E-state index in [4.69, 9.17) is 11.6 Å². The molecule has 128 valence electrons. The predicted molar refractivity (Wildman–Crippen MR) is 100 cm³/mol. The van der Waals surface area contributed by atoms with Crippen LogP contribution in [0.15, 0.2) is 54.6 Å². The second kappa shape index (κ2) is 9.45. The van der Waals surface area contributed by atoms with Crippen LogP contribution in [0.3, 0.4) is 0 Å². The summed E-state index contributed by atoms with van der Waals surface area (Å²) in [6.07, 6.45) is 1.92. The molecule has 0 bridgehead atoms. The largest absolute Gasteiger partial charge is 0.353 e. The van der Waals surface area contributed by atoms with Crippen LogP contribution in [-0.4, -0.2) is 30.4 Å². The van der Waals surface area contributed by atoms with Crippen molar-refractivity contribution in [2.24, 2.45) is 0 Å². The fraction of sp³-hybridized carbons (Fsp3) is 0.350. The van der Waals surface area contributed by atoms with Crippen LogP contribution in [-0.2, 0) is 17.8 Å². The first-order chi connectivity index (χ1) is 11.5. The highest BCUT2D eigenvalue weighted by Crippen LogP contribution is 2.11. The minimum atomic E-state index is 0.0621. The lowest BCUT2D eigenvalue weighted by molar-refractivity contribution is -0.122. The number of aryl methyl sites for hydroxylation is 1. The summed E-state index contributed by atoms with van der Waals surface area (Å²) >= 11 is 5.89. The molecule has 1 N–H and O–H groups in total. The predicted octanol–water partition coefficient (Wildman–Crippen LogP) is 3.91. The number of halogens is 1. The number of nitrogens with zero attached hydrogens (tertiary/aromatic N) is 1. The van der Waals surface area contributed by atoms with E-state index in [1.54, 1.807) is 0 Å². The Hall–Kier alpha value is -1.84. The summed E-state index contributed by atoms with van der Waals surface area (Å²) in [6.45, 7) is 3.17. The Kier molecular flexibility index (Phi) is 7.29. The SMILES string of the molecule is C[C@@H](CCc1ccccc1)NC(=O)CN(C)Cc1ccc(Cl)cc1. The van der Waals surface area contributed by atoms with Crippen LogP contribution in [0.4, 0.5) is 0 Å². The smallest absolute Gasteiger partial charge is 0.234 e. The molecule has 0 aliphatic carbocycles. The molecule has 0 aromatic heterocycles. The first-order valence-electron chi connectivity index (χ1n) is 8.29. The number of carbonyl (C=O) groups excluding carboxylic acids is 1. The Labute approximate surface area is 149 Å². The molecule has 2 aromatic rings. The highest BCUT2D eigenvalue weighted by atomic mass is 35.5. The zero-order valence-corrected chi connectivity index (χ0v) is 15.1. The summed E-state index contributed by atoms with van der Waals surface area (Å²) in [5, 5.41) is 3.80. The van der Waals surface area contributed by atoms with Gasteiger partial charge >= 0.3 is 0 Å². The number of hydrogen-bond donors (Lipinski definition) is 1. The molecule has 0 heterocycles. The van der Waals surface area contributed by atoms with E-state index in [1.165, 1.54) is 5.56 Å². The maximum absolute atomic E-state index is 12.1. The van der Waals surface area contributed by atoms with Crippen molar-refractivity contribution in [3.05, 3.63) is 70.7 Å². The minimum Gasteiger partial charge on any atom is -0.353 e. The Balaban J connectivity index is 1.70. The molecule has 0 fully saturated rings. The molecule has 1 amide bonds. The lowest BCUT2D eigenvalue weighted by atomic mass is 10.1. The highest BCUT2D eigenvalue weighted by molar-refractivity contribution is 6.30. The zero-order chi connectivity index (χ0) is 17.4. The summed E-state index contributed by atoms with van der Waals surface area (Å²) in [5.41, 5.74) is 2.45. The van der Waals surface area contributed by atoms with Crippen LogP contribution in [0, 0.1) is 0 Å². The third kappa shape index (κ3) is 6.73. The molecule has 2 rings (SSSR count). The van der Waals surface area contributed by atoms with Gasteiger partial charge in [0.1, 0.15) is 0 Å². The van der Waals surface area contributed by atoms with Crippen molar-refractivity contribution >= 4 is 17.5 Å². The van der Waals surface area contributed by atoms with Crippen LogP contribution in [0.5, 0.6) is 0 Å². The molecule has 0 spiro atoms. The maximum Gasteiger partial charge on any atom is 0.234 e. The maximum atomic E-state index is 12.1. The molecule has 4 heteroatoms. The van der Waals surface area contributed by atoms with E-state index in [0.29, 0.717) is 6.54 Å². The molecule has 0 saturated heterocycles. The number of carbonyl (C=O) groups is 1. The van der Waals surface area contributed by atoms with Crippen molar-refractivity contribution in [1.29, 1.82) is 0 Å². The number of likely N-dealkylation sites (N-methyl/N-ethyl adjacent to an activating group) is 1. The third-order valence-electron chi connectivity index (χ3n) is 3.90. The molecular formula is C20H25ClN2O. The van der Waals surface area contributed by atoms with Gasteiger partial charge in [0, 0.05) is 17.6 Å². The number of hydrogen-bond acceptors (Lipinski definition) is 2. The molecule has 0 aliphatic rings. The van der Waals surface area contributed by atoms with Gasteiger partial charge in [-0.3, -0.25) is 9.69 Å². The van der Waals surface area contributed by atoms with E-state index in [1.807, 2.05) is 54.4 Å². The van der Waals surface area contributed by atoms with Gasteiger partial charge in [-0.15, -0.1) is 0 Å². The molecule has 1 atom stereocenters. The molecule has 0 unspecified atom stereocenters. The first-order valence-corrected chi connectivity index (χ1v) is 8.67. The minimum absolute atomic E-state index is 0.0621. The molecule has 0 radical (unpaired) electrons. The van der Waals surface area contributed by atoms with Crippen molar-refractivity contribution in [1.82, 2.24) is 10.2 Å². The molecular weight excluding hydrogens is 320 g/mol. The van der Waals surface area contributed by atoms with Gasteiger partial charge in [-0.25, -0.2) is 0 Å². The standard InChI is InChI=1S/C20H25ClN2O/c1-16(8-9-17-6-4-3-5-7-17)22-20(24)15-23(2)14-18-10-12-19(21)13-11-18/h3-7,10-13,16H,8-9,14-15H2,1-2H3,(H,22,24)/t16-/m0/s1. The Morgan fingerprint density at radius 3 is 2.42 bits per heavy atom. The van der Waals surface area contributed by atoms with Gasteiger partial charge in [0.05, 0.1) is 6.54 Å². The molecule has 3 nitrogen and oxygen atoms in total. The number of nitrogens with one attached hydrogen (secondary N) is 1. The Bertz CT molecular complexity index is 628. The van der Waals surface area contributed by atoms with E-state index >= 15 is 0 Å². The van der Waals surface area contributed by atoms with Gasteiger partial charge in [0.2, 0.25) is 5.91 Å². The van der Waals surface area contributed by atoms with Gasteiger partial charge < -0.3 is 5.32 Å². The van der Waals surface area contributed by atoms with Gasteiger partial charge in [-0.05, 0) is 50.1 Å². The third-order valence-corrected chi connectivity index (χ3v) is 4.15. The van der Waals surface area contributed by atoms with Gasteiger partial charge in [0.25, 0.3) is 0 Å². The normalized spacial score (nSPS) is 12.2. The van der Waals surface area contributed by atoms with Crippen molar-refractivity contribution in [2.45, 2.75) is 32.4 Å². The van der Waals surface area contributed by atoms with Crippen LogP contribution in [0.1, 0.15) is 24.5 Å². The molecule has 24 heavy (non-hydrogen) atoms. The summed E-state index contributed by atoms with van der Waals surface area (Å²) < 4.78 is 0. The average molecular weight is 345 g/mol. The summed E-state index contributed by atoms with van der Waals surface area (Å²) in [5.74, 6) is 0.0621. The van der Waals surface area contributed by atoms with Gasteiger partial charge in [-0.2, -0.15) is 0 Å². The average Bonchev–Trinajstić information content (AvgIpc) is 2.56. The van der Waals surface area contributed by atoms with E-state index in [9.17, 15) is 4.79 Å². The quantitative estimate of drug-likeness (QED) is 0.787. The van der Waals surface area contributed by atoms with Crippen LogP contribution >= 0.6 is 11.6 Å². The highest BCUT2D eigenvalue weighted by Gasteiger charge is 2.10. The Morgan fingerprint density at radius 2 is 1.75 bits per heavy atom. The van der Waals surface area contributed by atoms with E-state index in [-0.39, 0.29) is 11.9 Å². The monoisotopic (exact) mass is 344 g/mol. The van der Waals surface area contributed by atoms with E-state index in [0.717, 1.165) is 30.0 Å². The second-order valence-electron chi connectivity index (χ2n) is 6.29. The van der Waals surface area contributed by atoms with Crippen molar-refractivity contribution in [3.8, 4) is 0 Å². The summed E-state index contributed by atoms with van der Waals surface area (Å²) in [7, 11) is 1.95. The lowest BCUT2D eigenvalue weighted by Gasteiger charge is -2.19. The van der Waals surface area contributed by atoms with Gasteiger partial charge in [0.15, 0.2) is 0 Å². The number of amides is 1. The second-order valence-corrected chi connectivity index (χ2v) is 6.73. The zero-order valence-electron chi connectivity index (χ0n) is 14.3. The van der Waals surface area contributed by atoms with Crippen molar-refractivity contribution in [2.75, 3.05) is 13.6 Å². The van der Waals surface area contributed by atoms with Crippen LogP contribution < -0.4 is 5.32 Å². The molecule has 0 aliphatic heterocycles. The molecule has 0 saturated carbocycles. The number of benzene rings is 2. The van der Waals surface area contributed by atoms with E-state index in [2.05, 4.69) is 24.4 Å². The van der Waals surface area contributed by atoms with Crippen LogP contribution in [0.25, 0.3) is 0 Å².